The quantitative estimate of drug-likeness (QED) is 0.886. The standard InChI is InChI=1S/C13H13Cl2NOS/c1-16-7-9-6-10(14)2-4-12(9)17-8-11-3-5-13(15)18-11/h2-6,16H,7-8H2,1H3. The van der Waals surface area contributed by atoms with E-state index < -0.39 is 0 Å². The maximum Gasteiger partial charge on any atom is 0.124 e. The highest BCUT2D eigenvalue weighted by Crippen LogP contribution is 2.26. The topological polar surface area (TPSA) is 21.3 Å². The zero-order valence-electron chi connectivity index (χ0n) is 9.87. The van der Waals surface area contributed by atoms with Gasteiger partial charge in [-0.2, -0.15) is 0 Å². The molecule has 0 fully saturated rings. The van der Waals surface area contributed by atoms with Crippen LogP contribution in [-0.2, 0) is 13.2 Å². The molecule has 0 bridgehead atoms. The van der Waals surface area contributed by atoms with Crippen molar-refractivity contribution in [2.24, 2.45) is 0 Å². The van der Waals surface area contributed by atoms with Gasteiger partial charge in [-0.25, -0.2) is 0 Å². The normalized spacial score (nSPS) is 10.6. The van der Waals surface area contributed by atoms with Crippen LogP contribution >= 0.6 is 34.5 Å². The zero-order chi connectivity index (χ0) is 13.0. The summed E-state index contributed by atoms with van der Waals surface area (Å²) < 4.78 is 6.58. The lowest BCUT2D eigenvalue weighted by Gasteiger charge is -2.11. The van der Waals surface area contributed by atoms with E-state index in [9.17, 15) is 0 Å². The number of hydrogen-bond acceptors (Lipinski definition) is 3. The second-order valence-corrected chi connectivity index (χ2v) is 6.01. The van der Waals surface area contributed by atoms with E-state index in [0.717, 1.165) is 27.1 Å². The van der Waals surface area contributed by atoms with E-state index in [0.29, 0.717) is 11.6 Å². The summed E-state index contributed by atoms with van der Waals surface area (Å²) in [6, 6.07) is 9.48. The fourth-order valence-electron chi connectivity index (χ4n) is 1.60. The van der Waals surface area contributed by atoms with Crippen LogP contribution < -0.4 is 10.1 Å². The van der Waals surface area contributed by atoms with Crippen LogP contribution in [-0.4, -0.2) is 7.05 Å². The van der Waals surface area contributed by atoms with Crippen molar-refractivity contribution in [1.82, 2.24) is 5.32 Å². The van der Waals surface area contributed by atoms with Crippen LogP contribution in [0.25, 0.3) is 0 Å². The van der Waals surface area contributed by atoms with Crippen LogP contribution in [0.2, 0.25) is 9.36 Å². The van der Waals surface area contributed by atoms with Gasteiger partial charge in [-0.15, -0.1) is 11.3 Å². The fourth-order valence-corrected chi connectivity index (χ4v) is 2.79. The Morgan fingerprint density at radius 3 is 2.72 bits per heavy atom. The van der Waals surface area contributed by atoms with E-state index in [-0.39, 0.29) is 0 Å². The highest BCUT2D eigenvalue weighted by Gasteiger charge is 2.05. The lowest BCUT2D eigenvalue weighted by molar-refractivity contribution is 0.306. The number of nitrogens with one attached hydrogen (secondary N) is 1. The van der Waals surface area contributed by atoms with E-state index in [1.54, 1.807) is 0 Å². The molecule has 96 valence electrons. The Hall–Kier alpha value is -0.740. The first kappa shape index (κ1) is 13.7. The maximum absolute atomic E-state index is 5.97. The lowest BCUT2D eigenvalue weighted by Crippen LogP contribution is -2.07. The van der Waals surface area contributed by atoms with E-state index in [2.05, 4.69) is 5.32 Å². The predicted octanol–water partition coefficient (Wildman–Crippen LogP) is 4.35. The molecule has 5 heteroatoms. The summed E-state index contributed by atoms with van der Waals surface area (Å²) in [4.78, 5) is 1.10. The molecule has 0 spiro atoms. The molecule has 1 heterocycles. The summed E-state index contributed by atoms with van der Waals surface area (Å²) in [7, 11) is 1.89. The lowest BCUT2D eigenvalue weighted by atomic mass is 10.2. The van der Waals surface area contributed by atoms with E-state index >= 15 is 0 Å². The molecule has 0 unspecified atom stereocenters. The average Bonchev–Trinajstić information content (AvgIpc) is 2.75. The van der Waals surface area contributed by atoms with E-state index in [1.807, 2.05) is 37.4 Å². The highest BCUT2D eigenvalue weighted by molar-refractivity contribution is 7.16. The molecule has 0 amide bonds. The molecular weight excluding hydrogens is 289 g/mol. The van der Waals surface area contributed by atoms with E-state index in [4.69, 9.17) is 27.9 Å². The third-order valence-corrected chi connectivity index (χ3v) is 3.83. The highest BCUT2D eigenvalue weighted by atomic mass is 35.5. The molecular formula is C13H13Cl2NOS. The smallest absolute Gasteiger partial charge is 0.124 e. The SMILES string of the molecule is CNCc1cc(Cl)ccc1OCc1ccc(Cl)s1. The van der Waals surface area contributed by atoms with Crippen molar-refractivity contribution in [2.45, 2.75) is 13.2 Å². The van der Waals surface area contributed by atoms with Crippen molar-refractivity contribution in [2.75, 3.05) is 7.05 Å². The number of ether oxygens (including phenoxy) is 1. The van der Waals surface area contributed by atoms with Crippen LogP contribution in [0.15, 0.2) is 30.3 Å². The van der Waals surface area contributed by atoms with Crippen molar-refractivity contribution in [3.8, 4) is 5.75 Å². The number of benzene rings is 1. The molecule has 0 radical (unpaired) electrons. The molecule has 2 nitrogen and oxygen atoms in total. The minimum atomic E-state index is 0.524. The van der Waals surface area contributed by atoms with Gasteiger partial charge in [-0.3, -0.25) is 0 Å². The van der Waals surface area contributed by atoms with Gasteiger partial charge < -0.3 is 10.1 Å². The Labute approximate surface area is 120 Å². The molecule has 1 aromatic carbocycles. The molecule has 0 aliphatic heterocycles. The maximum atomic E-state index is 5.97. The number of thiophene rings is 1. The van der Waals surface area contributed by atoms with Crippen molar-refractivity contribution in [3.05, 3.63) is 50.1 Å². The molecule has 2 aromatic rings. The van der Waals surface area contributed by atoms with Crippen LogP contribution in [0, 0.1) is 0 Å². The summed E-state index contributed by atoms with van der Waals surface area (Å²) in [6.07, 6.45) is 0. The van der Waals surface area contributed by atoms with Gasteiger partial charge in [0.25, 0.3) is 0 Å². The average molecular weight is 302 g/mol. The molecule has 1 aromatic heterocycles. The Bertz CT molecular complexity index is 527. The largest absolute Gasteiger partial charge is 0.488 e. The fraction of sp³-hybridized carbons (Fsp3) is 0.231. The summed E-state index contributed by atoms with van der Waals surface area (Å²) in [5, 5.41) is 3.81. The van der Waals surface area contributed by atoms with Gasteiger partial charge >= 0.3 is 0 Å². The minimum Gasteiger partial charge on any atom is -0.488 e. The van der Waals surface area contributed by atoms with Gasteiger partial charge in [0, 0.05) is 22.0 Å². The molecule has 2 rings (SSSR count). The Morgan fingerprint density at radius 1 is 1.22 bits per heavy atom. The van der Waals surface area contributed by atoms with Crippen molar-refractivity contribution in [3.63, 3.8) is 0 Å². The zero-order valence-corrected chi connectivity index (χ0v) is 12.2. The van der Waals surface area contributed by atoms with Crippen LogP contribution in [0.5, 0.6) is 5.75 Å². The predicted molar refractivity (Wildman–Crippen MR) is 77.9 cm³/mol. The van der Waals surface area contributed by atoms with Crippen molar-refractivity contribution in [1.29, 1.82) is 0 Å². The van der Waals surface area contributed by atoms with Crippen molar-refractivity contribution >= 4 is 34.5 Å². The first-order valence-corrected chi connectivity index (χ1v) is 7.06. The second kappa shape index (κ2) is 6.43. The van der Waals surface area contributed by atoms with Crippen LogP contribution in [0.3, 0.4) is 0 Å². The van der Waals surface area contributed by atoms with Gasteiger partial charge in [-0.05, 0) is 37.4 Å². The molecule has 1 N–H and O–H groups in total. The number of halogens is 2. The summed E-state index contributed by atoms with van der Waals surface area (Å²) in [6.45, 7) is 1.25. The minimum absolute atomic E-state index is 0.524. The van der Waals surface area contributed by atoms with Gasteiger partial charge in [0.2, 0.25) is 0 Å². The third-order valence-electron chi connectivity index (χ3n) is 2.39. The van der Waals surface area contributed by atoms with Gasteiger partial charge in [-0.1, -0.05) is 23.2 Å². The summed E-state index contributed by atoms with van der Waals surface area (Å²) in [5.74, 6) is 0.846. The van der Waals surface area contributed by atoms with Gasteiger partial charge in [0.15, 0.2) is 0 Å². The Balaban J connectivity index is 2.08. The molecule has 0 aliphatic rings. The Kier molecular flexibility index (Phi) is 4.89. The first-order chi connectivity index (χ1) is 8.69. The molecule has 0 saturated carbocycles. The van der Waals surface area contributed by atoms with Crippen molar-refractivity contribution < 1.29 is 4.74 Å². The molecule has 0 saturated heterocycles. The van der Waals surface area contributed by atoms with Crippen LogP contribution in [0.4, 0.5) is 0 Å². The molecule has 18 heavy (non-hydrogen) atoms. The number of rotatable bonds is 5. The van der Waals surface area contributed by atoms with Crippen LogP contribution in [0.1, 0.15) is 10.4 Å². The Morgan fingerprint density at radius 2 is 2.06 bits per heavy atom. The van der Waals surface area contributed by atoms with E-state index in [1.165, 1.54) is 11.3 Å². The molecule has 0 atom stereocenters. The number of hydrogen-bond donors (Lipinski definition) is 1. The third kappa shape index (κ3) is 3.62. The summed E-state index contributed by atoms with van der Waals surface area (Å²) >= 11 is 13.4. The second-order valence-electron chi connectivity index (χ2n) is 3.78. The van der Waals surface area contributed by atoms with Gasteiger partial charge in [0.05, 0.1) is 4.34 Å². The van der Waals surface area contributed by atoms with Gasteiger partial charge in [0.1, 0.15) is 12.4 Å². The molecule has 0 aliphatic carbocycles. The first-order valence-electron chi connectivity index (χ1n) is 5.49. The summed E-state index contributed by atoms with van der Waals surface area (Å²) in [5.41, 5.74) is 1.05. The monoisotopic (exact) mass is 301 g/mol.